The number of nitrogens with zero attached hydrogens (tertiary/aromatic N) is 6. The molecule has 4 aromatic rings. The molecule has 1 unspecified atom stereocenters. The zero-order chi connectivity index (χ0) is 27.4. The topological polar surface area (TPSA) is 149 Å². The van der Waals surface area contributed by atoms with E-state index >= 15 is 0 Å². The second-order valence-electron chi connectivity index (χ2n) is 8.71. The summed E-state index contributed by atoms with van der Waals surface area (Å²) >= 11 is 0. The van der Waals surface area contributed by atoms with Crippen LogP contribution in [0.25, 0.3) is 22.4 Å². The number of ether oxygens (including phenoxy) is 2. The van der Waals surface area contributed by atoms with Crippen molar-refractivity contribution in [2.24, 2.45) is 0 Å². The molecule has 0 fully saturated rings. The highest BCUT2D eigenvalue weighted by atomic mass is 16.5. The molecule has 4 rings (SSSR count). The van der Waals surface area contributed by atoms with Gasteiger partial charge in [0.2, 0.25) is 5.95 Å². The summed E-state index contributed by atoms with van der Waals surface area (Å²) in [6.07, 6.45) is 1.68. The van der Waals surface area contributed by atoms with E-state index in [0.717, 1.165) is 0 Å². The lowest BCUT2D eigenvalue weighted by Crippen LogP contribution is -2.33. The number of benzene rings is 1. The summed E-state index contributed by atoms with van der Waals surface area (Å²) < 4.78 is 16.2. The van der Waals surface area contributed by atoms with Gasteiger partial charge >= 0.3 is 5.97 Å². The van der Waals surface area contributed by atoms with Crippen LogP contribution < -0.4 is 19.7 Å². The number of nitrogens with one attached hydrogen (secondary N) is 1. The average molecular weight is 520 g/mol. The fourth-order valence-corrected chi connectivity index (χ4v) is 4.03. The Morgan fingerprint density at radius 2 is 1.79 bits per heavy atom. The number of aryl methyl sites for hydroxylation is 2. The highest BCUT2D eigenvalue weighted by Gasteiger charge is 2.25. The van der Waals surface area contributed by atoms with Crippen LogP contribution in [0.5, 0.6) is 11.5 Å². The lowest BCUT2D eigenvalue weighted by atomic mass is 10.1. The first-order valence-corrected chi connectivity index (χ1v) is 11.7. The second-order valence-corrected chi connectivity index (χ2v) is 8.71. The lowest BCUT2D eigenvalue weighted by Gasteiger charge is -2.19. The Kier molecular flexibility index (Phi) is 7.70. The molecule has 12 nitrogen and oxygen atoms in total. The van der Waals surface area contributed by atoms with E-state index in [4.69, 9.17) is 14.0 Å². The van der Waals surface area contributed by atoms with Crippen LogP contribution in [0.2, 0.25) is 0 Å². The number of aromatic nitrogens is 5. The van der Waals surface area contributed by atoms with E-state index in [0.29, 0.717) is 62.8 Å². The standard InChI is InChI=1S/C26H29N7O5/c1-14-22(15(2)38-32-14)17-13-27-26(33(3)4)29-24(17)28-19(25(34)35)12-16-10-11-18(31-30-16)23-20(36-5)8-7-9-21(23)37-6/h7-11,13,19H,12H2,1-6H3,(H,34,35)(H,27,28,29). The number of hydrogen-bond donors (Lipinski definition) is 2. The molecule has 1 atom stereocenters. The van der Waals surface area contributed by atoms with E-state index in [1.165, 1.54) is 0 Å². The van der Waals surface area contributed by atoms with Gasteiger partial charge in [-0.3, -0.25) is 0 Å². The third-order valence-electron chi connectivity index (χ3n) is 5.90. The van der Waals surface area contributed by atoms with E-state index in [9.17, 15) is 9.90 Å². The first-order valence-electron chi connectivity index (χ1n) is 11.7. The summed E-state index contributed by atoms with van der Waals surface area (Å²) in [5.41, 5.74) is 3.61. The maximum absolute atomic E-state index is 12.3. The normalized spacial score (nSPS) is 11.6. The molecule has 198 valence electrons. The van der Waals surface area contributed by atoms with Crippen molar-refractivity contribution in [3.63, 3.8) is 0 Å². The van der Waals surface area contributed by atoms with Crippen molar-refractivity contribution in [3.8, 4) is 33.9 Å². The summed E-state index contributed by atoms with van der Waals surface area (Å²) in [6, 6.07) is 7.85. The van der Waals surface area contributed by atoms with E-state index in [1.807, 2.05) is 6.07 Å². The molecule has 0 radical (unpaired) electrons. The number of carboxylic acid groups (broad SMARTS) is 1. The van der Waals surface area contributed by atoms with Crippen LogP contribution >= 0.6 is 0 Å². The molecule has 3 heterocycles. The van der Waals surface area contributed by atoms with Crippen LogP contribution in [0.3, 0.4) is 0 Å². The van der Waals surface area contributed by atoms with Crippen molar-refractivity contribution in [1.29, 1.82) is 0 Å². The molecule has 0 amide bonds. The molecular weight excluding hydrogens is 490 g/mol. The Labute approximate surface area is 219 Å². The summed E-state index contributed by atoms with van der Waals surface area (Å²) in [5.74, 6) is 1.44. The molecular formula is C26H29N7O5. The van der Waals surface area contributed by atoms with E-state index in [1.54, 1.807) is 77.5 Å². The van der Waals surface area contributed by atoms with Gasteiger partial charge in [-0.1, -0.05) is 11.2 Å². The fraction of sp³-hybridized carbons (Fsp3) is 0.308. The first kappa shape index (κ1) is 26.3. The molecule has 2 N–H and O–H groups in total. The Morgan fingerprint density at radius 1 is 1.08 bits per heavy atom. The van der Waals surface area contributed by atoms with Crippen LogP contribution in [0.15, 0.2) is 41.1 Å². The van der Waals surface area contributed by atoms with Crippen LogP contribution in [0.4, 0.5) is 11.8 Å². The maximum Gasteiger partial charge on any atom is 0.326 e. The largest absolute Gasteiger partial charge is 0.496 e. The molecule has 0 spiro atoms. The van der Waals surface area contributed by atoms with E-state index in [2.05, 4.69) is 30.6 Å². The summed E-state index contributed by atoms with van der Waals surface area (Å²) in [4.78, 5) is 23.0. The van der Waals surface area contributed by atoms with Gasteiger partial charge in [0, 0.05) is 32.3 Å². The Balaban J connectivity index is 1.65. The zero-order valence-corrected chi connectivity index (χ0v) is 22.0. The van der Waals surface area contributed by atoms with Crippen molar-refractivity contribution in [2.75, 3.05) is 38.5 Å². The summed E-state index contributed by atoms with van der Waals surface area (Å²) in [5, 5.41) is 25.7. The van der Waals surface area contributed by atoms with Gasteiger partial charge in [-0.25, -0.2) is 9.78 Å². The fourth-order valence-electron chi connectivity index (χ4n) is 4.03. The van der Waals surface area contributed by atoms with E-state index in [-0.39, 0.29) is 6.42 Å². The molecule has 0 saturated heterocycles. The SMILES string of the molecule is COc1cccc(OC)c1-c1ccc(CC(Nc2nc(N(C)C)ncc2-c2c(C)noc2C)C(=O)O)nn1. The lowest BCUT2D eigenvalue weighted by molar-refractivity contribution is -0.137. The van der Waals surface area contributed by atoms with Gasteiger partial charge in [-0.15, -0.1) is 5.10 Å². The van der Waals surface area contributed by atoms with Crippen molar-refractivity contribution in [2.45, 2.75) is 26.3 Å². The molecule has 38 heavy (non-hydrogen) atoms. The molecule has 0 aliphatic rings. The monoisotopic (exact) mass is 519 g/mol. The number of carbonyl (C=O) groups is 1. The molecule has 0 saturated carbocycles. The molecule has 3 aromatic heterocycles. The van der Waals surface area contributed by atoms with Gasteiger partial charge in [0.1, 0.15) is 34.8 Å². The molecule has 0 aliphatic heterocycles. The number of carboxylic acids is 1. The van der Waals surface area contributed by atoms with Gasteiger partial charge < -0.3 is 29.3 Å². The molecule has 0 aliphatic carbocycles. The van der Waals surface area contributed by atoms with Crippen molar-refractivity contribution in [1.82, 2.24) is 25.3 Å². The van der Waals surface area contributed by atoms with Crippen LogP contribution in [-0.2, 0) is 11.2 Å². The predicted octanol–water partition coefficient (Wildman–Crippen LogP) is 3.40. The predicted molar refractivity (Wildman–Crippen MR) is 141 cm³/mol. The highest BCUT2D eigenvalue weighted by Crippen LogP contribution is 2.37. The number of anilines is 2. The van der Waals surface area contributed by atoms with Crippen molar-refractivity contribution < 1.29 is 23.9 Å². The Hall–Kier alpha value is -4.74. The minimum Gasteiger partial charge on any atom is -0.496 e. The van der Waals surface area contributed by atoms with Gasteiger partial charge in [-0.05, 0) is 38.1 Å². The number of aliphatic carboxylic acids is 1. The van der Waals surface area contributed by atoms with Gasteiger partial charge in [-0.2, -0.15) is 10.1 Å². The zero-order valence-electron chi connectivity index (χ0n) is 22.0. The first-order chi connectivity index (χ1) is 18.2. The molecule has 0 bridgehead atoms. The average Bonchev–Trinajstić information content (AvgIpc) is 3.25. The summed E-state index contributed by atoms with van der Waals surface area (Å²) in [6.45, 7) is 3.58. The minimum atomic E-state index is -1.07. The van der Waals surface area contributed by atoms with Gasteiger partial charge in [0.05, 0.1) is 36.7 Å². The quantitative estimate of drug-likeness (QED) is 0.316. The molecule has 1 aromatic carbocycles. The maximum atomic E-state index is 12.3. The van der Waals surface area contributed by atoms with Gasteiger partial charge in [0.25, 0.3) is 0 Å². The Bertz CT molecular complexity index is 1390. The third-order valence-corrected chi connectivity index (χ3v) is 5.90. The van der Waals surface area contributed by atoms with Gasteiger partial charge in [0.15, 0.2) is 0 Å². The second kappa shape index (κ2) is 11.1. The van der Waals surface area contributed by atoms with Crippen LogP contribution in [-0.4, -0.2) is 70.8 Å². The Morgan fingerprint density at radius 3 is 2.32 bits per heavy atom. The van der Waals surface area contributed by atoms with Crippen LogP contribution in [0, 0.1) is 13.8 Å². The van der Waals surface area contributed by atoms with Crippen molar-refractivity contribution in [3.05, 3.63) is 53.7 Å². The van der Waals surface area contributed by atoms with Crippen LogP contribution in [0.1, 0.15) is 17.1 Å². The number of methoxy groups -OCH3 is 2. The number of hydrogen-bond acceptors (Lipinski definition) is 11. The highest BCUT2D eigenvalue weighted by molar-refractivity contribution is 5.83. The van der Waals surface area contributed by atoms with E-state index < -0.39 is 12.0 Å². The van der Waals surface area contributed by atoms with Crippen molar-refractivity contribution >= 4 is 17.7 Å². The molecule has 12 heteroatoms. The smallest absolute Gasteiger partial charge is 0.326 e. The minimum absolute atomic E-state index is 0.0496. The number of rotatable bonds is 10. The summed E-state index contributed by atoms with van der Waals surface area (Å²) in [7, 11) is 6.73. The third kappa shape index (κ3) is 5.33.